The molecule has 206 valence electrons. The Labute approximate surface area is 218 Å². The number of aryl methyl sites for hydroxylation is 3. The van der Waals surface area contributed by atoms with E-state index < -0.39 is 41.2 Å². The fourth-order valence-electron chi connectivity index (χ4n) is 4.40. The standard InChI is InChI=1S/C29H22F8O2/c1-38-10-2-3-16-11-22(30)26(23(31)12-16)20-8-9-21-19(15-20)7-6-18(27(21)34)5-4-17-13-24(32)28(25(33)14-17)39-29(35,36)37/h6-9,11-15H,2-5,10H2,1H3. The smallest absolute Gasteiger partial charge is 0.399 e. The van der Waals surface area contributed by atoms with Crippen molar-refractivity contribution in [3.63, 3.8) is 0 Å². The number of hydrogen-bond donors (Lipinski definition) is 0. The topological polar surface area (TPSA) is 18.5 Å². The van der Waals surface area contributed by atoms with Crippen LogP contribution in [0.3, 0.4) is 0 Å². The van der Waals surface area contributed by atoms with Gasteiger partial charge in [-0.1, -0.05) is 24.3 Å². The summed E-state index contributed by atoms with van der Waals surface area (Å²) in [4.78, 5) is 0. The Balaban J connectivity index is 1.55. The van der Waals surface area contributed by atoms with E-state index >= 15 is 4.39 Å². The molecule has 0 radical (unpaired) electrons. The van der Waals surface area contributed by atoms with Gasteiger partial charge in [-0.2, -0.15) is 0 Å². The van der Waals surface area contributed by atoms with E-state index in [0.29, 0.717) is 42.5 Å². The van der Waals surface area contributed by atoms with Gasteiger partial charge >= 0.3 is 6.36 Å². The van der Waals surface area contributed by atoms with Gasteiger partial charge in [0.25, 0.3) is 0 Å². The van der Waals surface area contributed by atoms with E-state index in [4.69, 9.17) is 4.74 Å². The number of ether oxygens (including phenoxy) is 2. The average molecular weight is 554 g/mol. The number of benzene rings is 4. The second-order valence-electron chi connectivity index (χ2n) is 8.94. The highest BCUT2D eigenvalue weighted by molar-refractivity contribution is 5.88. The van der Waals surface area contributed by atoms with Crippen molar-refractivity contribution in [2.24, 2.45) is 0 Å². The van der Waals surface area contributed by atoms with E-state index in [0.717, 1.165) is 0 Å². The monoisotopic (exact) mass is 554 g/mol. The maximum absolute atomic E-state index is 15.2. The highest BCUT2D eigenvalue weighted by Crippen LogP contribution is 2.33. The van der Waals surface area contributed by atoms with Crippen LogP contribution in [0.1, 0.15) is 23.1 Å². The minimum Gasteiger partial charge on any atom is -0.399 e. The van der Waals surface area contributed by atoms with Crippen molar-refractivity contribution in [3.8, 4) is 16.9 Å². The molecule has 0 aliphatic rings. The van der Waals surface area contributed by atoms with Gasteiger partial charge in [0.15, 0.2) is 11.6 Å². The summed E-state index contributed by atoms with van der Waals surface area (Å²) in [5.41, 5.74) is 0.666. The lowest BCUT2D eigenvalue weighted by molar-refractivity contribution is -0.276. The summed E-state index contributed by atoms with van der Waals surface area (Å²) in [5, 5.41) is 0.544. The van der Waals surface area contributed by atoms with Crippen molar-refractivity contribution in [2.75, 3.05) is 13.7 Å². The van der Waals surface area contributed by atoms with Crippen molar-refractivity contribution >= 4 is 10.8 Å². The van der Waals surface area contributed by atoms with E-state index in [1.54, 1.807) is 6.07 Å². The second-order valence-corrected chi connectivity index (χ2v) is 8.94. The van der Waals surface area contributed by atoms with E-state index in [-0.39, 0.29) is 40.5 Å². The third-order valence-electron chi connectivity index (χ3n) is 6.20. The number of fused-ring (bicyclic) bond motifs is 1. The van der Waals surface area contributed by atoms with Crippen LogP contribution < -0.4 is 4.74 Å². The predicted octanol–water partition coefficient (Wildman–Crippen LogP) is 8.47. The first kappa shape index (κ1) is 28.4. The first-order valence-electron chi connectivity index (χ1n) is 11.9. The van der Waals surface area contributed by atoms with E-state index in [9.17, 15) is 30.7 Å². The zero-order valence-corrected chi connectivity index (χ0v) is 20.6. The normalized spacial score (nSPS) is 11.8. The summed E-state index contributed by atoms with van der Waals surface area (Å²) in [5.74, 6) is -6.75. The molecule has 0 saturated heterocycles. The van der Waals surface area contributed by atoms with Gasteiger partial charge in [0, 0.05) is 19.1 Å². The molecule has 0 atom stereocenters. The Kier molecular flexibility index (Phi) is 8.44. The summed E-state index contributed by atoms with van der Waals surface area (Å²) in [6, 6.07) is 11.1. The van der Waals surface area contributed by atoms with E-state index in [1.165, 1.54) is 43.5 Å². The van der Waals surface area contributed by atoms with Gasteiger partial charge in [-0.3, -0.25) is 0 Å². The SMILES string of the molecule is COCCCc1cc(F)c(-c2ccc3c(F)c(CCc4cc(F)c(OC(F)(F)F)c(F)c4)ccc3c2)c(F)c1. The van der Waals surface area contributed by atoms with Crippen LogP contribution in [0.15, 0.2) is 54.6 Å². The Morgan fingerprint density at radius 2 is 1.31 bits per heavy atom. The summed E-state index contributed by atoms with van der Waals surface area (Å²) in [6.45, 7) is 0.459. The van der Waals surface area contributed by atoms with Gasteiger partial charge in [-0.05, 0) is 83.7 Å². The highest BCUT2D eigenvalue weighted by atomic mass is 19.4. The highest BCUT2D eigenvalue weighted by Gasteiger charge is 2.34. The maximum atomic E-state index is 15.2. The minimum atomic E-state index is -5.26. The van der Waals surface area contributed by atoms with E-state index in [2.05, 4.69) is 4.74 Å². The van der Waals surface area contributed by atoms with Crippen LogP contribution in [0, 0.1) is 29.1 Å². The number of alkyl halides is 3. The Morgan fingerprint density at radius 3 is 1.92 bits per heavy atom. The predicted molar refractivity (Wildman–Crippen MR) is 130 cm³/mol. The Morgan fingerprint density at radius 1 is 0.692 bits per heavy atom. The van der Waals surface area contributed by atoms with E-state index in [1.807, 2.05) is 0 Å². The van der Waals surface area contributed by atoms with Gasteiger partial charge in [-0.25, -0.2) is 22.0 Å². The minimum absolute atomic E-state index is 0.00554. The third-order valence-corrected chi connectivity index (χ3v) is 6.20. The number of methoxy groups -OCH3 is 1. The van der Waals surface area contributed by atoms with Crippen LogP contribution in [0.2, 0.25) is 0 Å². The molecule has 0 amide bonds. The van der Waals surface area contributed by atoms with Gasteiger partial charge in [-0.15, -0.1) is 13.2 Å². The molecule has 0 aliphatic carbocycles. The molecule has 0 unspecified atom stereocenters. The van der Waals surface area contributed by atoms with Crippen LogP contribution >= 0.6 is 0 Å². The van der Waals surface area contributed by atoms with Crippen molar-refractivity contribution < 1.29 is 44.6 Å². The molecule has 4 aromatic rings. The molecule has 0 N–H and O–H groups in total. The van der Waals surface area contributed by atoms with Crippen LogP contribution in [-0.4, -0.2) is 20.1 Å². The molecule has 39 heavy (non-hydrogen) atoms. The summed E-state index contributed by atoms with van der Waals surface area (Å²) in [6.07, 6.45) is -4.31. The second kappa shape index (κ2) is 11.6. The van der Waals surface area contributed by atoms with Crippen LogP contribution in [0.25, 0.3) is 21.9 Å². The lowest BCUT2D eigenvalue weighted by atomic mass is 9.95. The summed E-state index contributed by atoms with van der Waals surface area (Å²) < 4.78 is 118. The molecule has 0 spiro atoms. The molecule has 0 saturated carbocycles. The molecular weight excluding hydrogens is 532 g/mol. The first-order chi connectivity index (χ1) is 18.5. The Bertz CT molecular complexity index is 1450. The molecule has 10 heteroatoms. The molecule has 0 heterocycles. The summed E-state index contributed by atoms with van der Waals surface area (Å²) >= 11 is 0. The number of hydrogen-bond acceptors (Lipinski definition) is 2. The van der Waals surface area contributed by atoms with Crippen LogP contribution in [-0.2, 0) is 24.0 Å². The molecular formula is C29H22F8O2. The largest absolute Gasteiger partial charge is 0.573 e. The number of rotatable bonds is 9. The van der Waals surface area contributed by atoms with Crippen LogP contribution in [0.5, 0.6) is 5.75 Å². The molecule has 0 fully saturated rings. The lowest BCUT2D eigenvalue weighted by Crippen LogP contribution is -2.19. The molecule has 4 aromatic carbocycles. The van der Waals surface area contributed by atoms with Crippen molar-refractivity contribution in [3.05, 3.63) is 100 Å². The van der Waals surface area contributed by atoms with Gasteiger partial charge in [0.05, 0.1) is 5.56 Å². The van der Waals surface area contributed by atoms with Crippen molar-refractivity contribution in [2.45, 2.75) is 32.0 Å². The van der Waals surface area contributed by atoms with Crippen molar-refractivity contribution in [1.82, 2.24) is 0 Å². The van der Waals surface area contributed by atoms with Gasteiger partial charge in [0.1, 0.15) is 17.5 Å². The van der Waals surface area contributed by atoms with Crippen molar-refractivity contribution in [1.29, 1.82) is 0 Å². The van der Waals surface area contributed by atoms with Gasteiger partial charge < -0.3 is 9.47 Å². The average Bonchev–Trinajstić information content (AvgIpc) is 2.85. The molecule has 0 bridgehead atoms. The molecule has 4 rings (SSSR count). The first-order valence-corrected chi connectivity index (χ1v) is 11.9. The van der Waals surface area contributed by atoms with Gasteiger partial charge in [0.2, 0.25) is 5.75 Å². The quantitative estimate of drug-likeness (QED) is 0.153. The number of halogens is 8. The lowest BCUT2D eigenvalue weighted by Gasteiger charge is -2.13. The molecule has 0 aromatic heterocycles. The molecule has 0 aliphatic heterocycles. The fourth-order valence-corrected chi connectivity index (χ4v) is 4.40. The fraction of sp³-hybridized carbons (Fsp3) is 0.241. The summed E-state index contributed by atoms with van der Waals surface area (Å²) in [7, 11) is 1.54. The zero-order chi connectivity index (χ0) is 28.3. The Hall–Kier alpha value is -3.66. The molecule has 2 nitrogen and oxygen atoms in total. The zero-order valence-electron chi connectivity index (χ0n) is 20.6. The van der Waals surface area contributed by atoms with Crippen LogP contribution in [0.4, 0.5) is 35.1 Å². The maximum Gasteiger partial charge on any atom is 0.573 e. The third kappa shape index (κ3) is 6.68.